The number of carbonyl (C=O) groups is 2. The number of aromatic nitrogens is 2. The lowest BCUT2D eigenvalue weighted by Gasteiger charge is -2.44. The number of carboxylic acid groups (broad SMARTS) is 1. The molecule has 3 heterocycles. The maximum Gasteiger partial charge on any atom is 0.300 e. The zero-order chi connectivity index (χ0) is 19.2. The summed E-state index contributed by atoms with van der Waals surface area (Å²) >= 11 is 0. The molecule has 0 aromatic carbocycles. The van der Waals surface area contributed by atoms with Gasteiger partial charge in [-0.1, -0.05) is 0 Å². The number of anilines is 1. The van der Waals surface area contributed by atoms with Crippen LogP contribution in [-0.2, 0) is 9.53 Å². The first kappa shape index (κ1) is 20.1. The summed E-state index contributed by atoms with van der Waals surface area (Å²) in [7, 11) is 3.43. The van der Waals surface area contributed by atoms with Crippen LogP contribution in [0, 0.1) is 0 Å². The zero-order valence-corrected chi connectivity index (χ0v) is 15.6. The molecular weight excluding hydrogens is 338 g/mol. The SMILES string of the molecule is CC(=O)O.CN(C)C(=O)c1cncc(N2CCC3(CC2)CNCCO3)n1. The first-order valence-electron chi connectivity index (χ1n) is 8.66. The lowest BCUT2D eigenvalue weighted by atomic mass is 9.90. The molecule has 2 fully saturated rings. The summed E-state index contributed by atoms with van der Waals surface area (Å²) in [5.74, 6) is -0.186. The van der Waals surface area contributed by atoms with Crippen LogP contribution < -0.4 is 10.2 Å². The third kappa shape index (κ3) is 5.37. The molecule has 1 amide bonds. The quantitative estimate of drug-likeness (QED) is 0.767. The molecule has 2 aliphatic heterocycles. The predicted molar refractivity (Wildman–Crippen MR) is 96.4 cm³/mol. The fourth-order valence-electron chi connectivity index (χ4n) is 3.01. The highest BCUT2D eigenvalue weighted by atomic mass is 16.5. The number of carbonyl (C=O) groups excluding carboxylic acids is 1. The van der Waals surface area contributed by atoms with E-state index in [2.05, 4.69) is 20.2 Å². The molecule has 144 valence electrons. The molecule has 2 aliphatic rings. The first-order chi connectivity index (χ1) is 12.3. The van der Waals surface area contributed by atoms with Crippen molar-refractivity contribution in [1.29, 1.82) is 0 Å². The van der Waals surface area contributed by atoms with Crippen molar-refractivity contribution in [3.05, 3.63) is 18.1 Å². The van der Waals surface area contributed by atoms with Crippen molar-refractivity contribution >= 4 is 17.7 Å². The Morgan fingerprint density at radius 3 is 2.50 bits per heavy atom. The van der Waals surface area contributed by atoms with Gasteiger partial charge in [-0.3, -0.25) is 14.6 Å². The molecule has 9 heteroatoms. The lowest BCUT2D eigenvalue weighted by Crippen LogP contribution is -2.55. The predicted octanol–water partition coefficient (Wildman–Crippen LogP) is 0.228. The van der Waals surface area contributed by atoms with Crippen LogP contribution in [0.4, 0.5) is 5.82 Å². The average molecular weight is 365 g/mol. The van der Waals surface area contributed by atoms with Crippen LogP contribution >= 0.6 is 0 Å². The van der Waals surface area contributed by atoms with E-state index in [1.165, 1.54) is 11.1 Å². The van der Waals surface area contributed by atoms with E-state index >= 15 is 0 Å². The molecule has 0 unspecified atom stereocenters. The van der Waals surface area contributed by atoms with Crippen LogP contribution in [0.15, 0.2) is 12.4 Å². The van der Waals surface area contributed by atoms with E-state index in [0.717, 1.165) is 58.4 Å². The summed E-state index contributed by atoms with van der Waals surface area (Å²) in [6, 6.07) is 0. The van der Waals surface area contributed by atoms with E-state index in [0.29, 0.717) is 5.69 Å². The van der Waals surface area contributed by atoms with Crippen LogP contribution in [0.1, 0.15) is 30.3 Å². The second-order valence-electron chi connectivity index (χ2n) is 6.68. The molecule has 0 aliphatic carbocycles. The Morgan fingerprint density at radius 1 is 1.31 bits per heavy atom. The standard InChI is InChI=1S/C15H23N5O2.C2H4O2/c1-19(2)14(21)12-9-17-10-13(18-12)20-6-3-15(4-7-20)11-16-5-8-22-15;1-2(3)4/h9-10,16H,3-8,11H2,1-2H3;1H3,(H,3,4). The molecule has 0 radical (unpaired) electrons. The van der Waals surface area contributed by atoms with Gasteiger partial charge in [0.25, 0.3) is 11.9 Å². The van der Waals surface area contributed by atoms with Crippen LogP contribution in [0.25, 0.3) is 0 Å². The first-order valence-corrected chi connectivity index (χ1v) is 8.66. The number of piperidine rings is 1. The molecule has 0 bridgehead atoms. The van der Waals surface area contributed by atoms with Crippen molar-refractivity contribution in [2.75, 3.05) is 51.8 Å². The number of hydrogen-bond donors (Lipinski definition) is 2. The van der Waals surface area contributed by atoms with Gasteiger partial charge in [0.2, 0.25) is 0 Å². The number of nitrogens with one attached hydrogen (secondary N) is 1. The van der Waals surface area contributed by atoms with E-state index in [1.54, 1.807) is 20.3 Å². The van der Waals surface area contributed by atoms with E-state index < -0.39 is 5.97 Å². The smallest absolute Gasteiger partial charge is 0.300 e. The van der Waals surface area contributed by atoms with E-state index in [4.69, 9.17) is 14.6 Å². The Kier molecular flexibility index (Phi) is 6.87. The van der Waals surface area contributed by atoms with E-state index in [-0.39, 0.29) is 11.5 Å². The van der Waals surface area contributed by atoms with Gasteiger partial charge in [-0.15, -0.1) is 0 Å². The van der Waals surface area contributed by atoms with Gasteiger partial charge in [0.15, 0.2) is 0 Å². The van der Waals surface area contributed by atoms with Crippen molar-refractivity contribution in [3.63, 3.8) is 0 Å². The Morgan fingerprint density at radius 2 is 1.96 bits per heavy atom. The Labute approximate surface area is 153 Å². The molecule has 2 saturated heterocycles. The molecule has 0 atom stereocenters. The zero-order valence-electron chi connectivity index (χ0n) is 15.6. The molecule has 9 nitrogen and oxygen atoms in total. The minimum absolute atomic E-state index is 0.0285. The highest BCUT2D eigenvalue weighted by molar-refractivity contribution is 5.91. The summed E-state index contributed by atoms with van der Waals surface area (Å²) in [5, 5.41) is 10.8. The molecule has 3 rings (SSSR count). The van der Waals surface area contributed by atoms with Gasteiger partial charge in [0.1, 0.15) is 11.5 Å². The van der Waals surface area contributed by atoms with Gasteiger partial charge in [0.05, 0.1) is 24.6 Å². The fourth-order valence-corrected chi connectivity index (χ4v) is 3.01. The third-order valence-corrected chi connectivity index (χ3v) is 4.38. The monoisotopic (exact) mass is 365 g/mol. The topological polar surface area (TPSA) is 108 Å². The Bertz CT molecular complexity index is 617. The van der Waals surface area contributed by atoms with Gasteiger partial charge >= 0.3 is 0 Å². The highest BCUT2D eigenvalue weighted by Crippen LogP contribution is 2.29. The third-order valence-electron chi connectivity index (χ3n) is 4.38. The number of rotatable bonds is 2. The maximum absolute atomic E-state index is 12.0. The summed E-state index contributed by atoms with van der Waals surface area (Å²) < 4.78 is 6.00. The minimum atomic E-state index is -0.833. The van der Waals surface area contributed by atoms with Gasteiger partial charge < -0.3 is 25.0 Å². The van der Waals surface area contributed by atoms with Gasteiger partial charge in [-0.05, 0) is 12.8 Å². The normalized spacial score (nSPS) is 18.7. The molecule has 1 aromatic rings. The van der Waals surface area contributed by atoms with Crippen LogP contribution in [0.3, 0.4) is 0 Å². The van der Waals surface area contributed by atoms with Crippen molar-refractivity contribution in [3.8, 4) is 0 Å². The van der Waals surface area contributed by atoms with Crippen LogP contribution in [-0.4, -0.2) is 84.3 Å². The number of carboxylic acids is 1. The number of ether oxygens (including phenoxy) is 1. The molecular formula is C17H27N5O4. The van der Waals surface area contributed by atoms with Gasteiger partial charge in [-0.25, -0.2) is 4.98 Å². The van der Waals surface area contributed by atoms with Crippen molar-refractivity contribution in [1.82, 2.24) is 20.2 Å². The number of hydrogen-bond acceptors (Lipinski definition) is 7. The van der Waals surface area contributed by atoms with Crippen molar-refractivity contribution < 1.29 is 19.4 Å². The van der Waals surface area contributed by atoms with Crippen LogP contribution in [0.5, 0.6) is 0 Å². The van der Waals surface area contributed by atoms with Gasteiger partial charge in [0, 0.05) is 47.2 Å². The summed E-state index contributed by atoms with van der Waals surface area (Å²) in [5.41, 5.74) is 0.359. The van der Waals surface area contributed by atoms with E-state index in [9.17, 15) is 4.79 Å². The second-order valence-corrected chi connectivity index (χ2v) is 6.68. The number of morpholine rings is 1. The van der Waals surface area contributed by atoms with Crippen LogP contribution in [0.2, 0.25) is 0 Å². The molecule has 0 saturated carbocycles. The number of aliphatic carboxylic acids is 1. The Balaban J connectivity index is 0.000000552. The fraction of sp³-hybridized carbons (Fsp3) is 0.647. The minimum Gasteiger partial charge on any atom is -0.481 e. The lowest BCUT2D eigenvalue weighted by molar-refractivity contribution is -0.134. The van der Waals surface area contributed by atoms with Gasteiger partial charge in [-0.2, -0.15) is 0 Å². The average Bonchev–Trinajstić information content (AvgIpc) is 2.62. The molecule has 1 aromatic heterocycles. The van der Waals surface area contributed by atoms with Crippen molar-refractivity contribution in [2.45, 2.75) is 25.4 Å². The Hall–Kier alpha value is -2.26. The summed E-state index contributed by atoms with van der Waals surface area (Å²) in [6.07, 6.45) is 5.18. The van der Waals surface area contributed by atoms with Crippen molar-refractivity contribution in [2.24, 2.45) is 0 Å². The number of amides is 1. The molecule has 1 spiro atoms. The van der Waals surface area contributed by atoms with E-state index in [1.807, 2.05) is 0 Å². The summed E-state index contributed by atoms with van der Waals surface area (Å²) in [6.45, 7) is 5.47. The number of nitrogens with zero attached hydrogens (tertiary/aromatic N) is 4. The largest absolute Gasteiger partial charge is 0.481 e. The molecule has 26 heavy (non-hydrogen) atoms. The summed E-state index contributed by atoms with van der Waals surface area (Å²) in [4.78, 5) is 33.3. The maximum atomic E-state index is 12.0. The second kappa shape index (κ2) is 8.91. The molecule has 2 N–H and O–H groups in total. The highest BCUT2D eigenvalue weighted by Gasteiger charge is 2.37.